The molecule has 0 atom stereocenters. The molecule has 1 saturated heterocycles. The predicted octanol–water partition coefficient (Wildman–Crippen LogP) is 1.81. The molecular formula is C16H23FN2O3. The Kier molecular flexibility index (Phi) is 5.37. The summed E-state index contributed by atoms with van der Waals surface area (Å²) in [7, 11) is 4.68. The van der Waals surface area contributed by atoms with Crippen molar-refractivity contribution in [3.63, 3.8) is 0 Å². The maximum atomic E-state index is 13.9. The molecule has 1 aromatic rings. The second kappa shape index (κ2) is 7.07. The van der Waals surface area contributed by atoms with E-state index in [4.69, 9.17) is 9.47 Å². The lowest BCUT2D eigenvalue weighted by Gasteiger charge is -2.38. The fourth-order valence-electron chi connectivity index (χ4n) is 2.94. The maximum Gasteiger partial charge on any atom is 0.235 e. The number of halogens is 1. The van der Waals surface area contributed by atoms with Gasteiger partial charge in [0.15, 0.2) is 11.6 Å². The summed E-state index contributed by atoms with van der Waals surface area (Å²) in [6.07, 6.45) is 1.42. The number of hydrogen-bond donors (Lipinski definition) is 1. The van der Waals surface area contributed by atoms with Gasteiger partial charge in [0.1, 0.15) is 0 Å². The van der Waals surface area contributed by atoms with Crippen molar-refractivity contribution in [1.82, 2.24) is 5.32 Å². The minimum Gasteiger partial charge on any atom is -0.494 e. The third-order valence-corrected chi connectivity index (χ3v) is 4.26. The van der Waals surface area contributed by atoms with Crippen LogP contribution in [0.1, 0.15) is 12.8 Å². The second-order valence-electron chi connectivity index (χ2n) is 5.65. The summed E-state index contributed by atoms with van der Waals surface area (Å²) in [6.45, 7) is 1.93. The van der Waals surface area contributed by atoms with Gasteiger partial charge in [0.2, 0.25) is 5.91 Å². The molecule has 1 aliphatic heterocycles. The Hall–Kier alpha value is -1.66. The Bertz CT molecular complexity index is 525. The van der Waals surface area contributed by atoms with Crippen LogP contribution in [0.4, 0.5) is 10.1 Å². The van der Waals surface area contributed by atoms with Gasteiger partial charge in [0.25, 0.3) is 0 Å². The van der Waals surface area contributed by atoms with Crippen LogP contribution in [0.25, 0.3) is 0 Å². The fraction of sp³-hybridized carbons (Fsp3) is 0.562. The van der Waals surface area contributed by atoms with E-state index in [-0.39, 0.29) is 11.7 Å². The first-order valence-electron chi connectivity index (χ1n) is 7.35. The van der Waals surface area contributed by atoms with Crippen molar-refractivity contribution in [1.29, 1.82) is 0 Å². The lowest BCUT2D eigenvalue weighted by atomic mass is 9.78. The van der Waals surface area contributed by atoms with Gasteiger partial charge in [0.05, 0.1) is 19.1 Å². The number of nitrogens with one attached hydrogen (secondary N) is 1. The number of carbonyl (C=O) groups excluding carboxylic acids is 1. The number of carbonyl (C=O) groups is 1. The summed E-state index contributed by atoms with van der Waals surface area (Å²) in [5, 5.41) is 3.25. The van der Waals surface area contributed by atoms with E-state index in [0.29, 0.717) is 25.1 Å². The SMILES string of the molecule is COCC1(C(=O)N(C)c2ccc(OC)c(F)c2)CCNCC1. The zero-order valence-electron chi connectivity index (χ0n) is 13.3. The molecule has 1 amide bonds. The van der Waals surface area contributed by atoms with Crippen LogP contribution < -0.4 is 15.0 Å². The Balaban J connectivity index is 2.24. The van der Waals surface area contributed by atoms with Gasteiger partial charge in [-0.1, -0.05) is 0 Å². The highest BCUT2D eigenvalue weighted by Gasteiger charge is 2.41. The van der Waals surface area contributed by atoms with Crippen LogP contribution in [0, 0.1) is 11.2 Å². The van der Waals surface area contributed by atoms with Crippen LogP contribution in [0.3, 0.4) is 0 Å². The summed E-state index contributed by atoms with van der Waals surface area (Å²) in [4.78, 5) is 14.4. The van der Waals surface area contributed by atoms with Crippen LogP contribution in [-0.2, 0) is 9.53 Å². The molecule has 0 spiro atoms. The number of methoxy groups -OCH3 is 2. The number of benzene rings is 1. The van der Waals surface area contributed by atoms with E-state index in [9.17, 15) is 9.18 Å². The molecule has 122 valence electrons. The number of amides is 1. The molecule has 1 aromatic carbocycles. The van der Waals surface area contributed by atoms with Crippen molar-refractivity contribution in [3.8, 4) is 5.75 Å². The molecule has 5 nitrogen and oxygen atoms in total. The highest BCUT2D eigenvalue weighted by molar-refractivity contribution is 5.97. The number of anilines is 1. The lowest BCUT2D eigenvalue weighted by Crippen LogP contribution is -2.50. The molecular weight excluding hydrogens is 287 g/mol. The van der Waals surface area contributed by atoms with Crippen molar-refractivity contribution >= 4 is 11.6 Å². The van der Waals surface area contributed by atoms with Crippen molar-refractivity contribution in [2.75, 3.05) is 45.9 Å². The summed E-state index contributed by atoms with van der Waals surface area (Å²) in [5.41, 5.74) is -0.0390. The van der Waals surface area contributed by atoms with Gasteiger partial charge in [0, 0.05) is 25.9 Å². The van der Waals surface area contributed by atoms with Crippen LogP contribution in [0.5, 0.6) is 5.75 Å². The molecule has 0 bridgehead atoms. The molecule has 0 aliphatic carbocycles. The molecule has 6 heteroatoms. The van der Waals surface area contributed by atoms with E-state index >= 15 is 0 Å². The van der Waals surface area contributed by atoms with Crippen molar-refractivity contribution in [3.05, 3.63) is 24.0 Å². The second-order valence-corrected chi connectivity index (χ2v) is 5.65. The molecule has 0 unspecified atom stereocenters. The highest BCUT2D eigenvalue weighted by atomic mass is 19.1. The number of hydrogen-bond acceptors (Lipinski definition) is 4. The zero-order chi connectivity index (χ0) is 16.2. The highest BCUT2D eigenvalue weighted by Crippen LogP contribution is 2.33. The first-order chi connectivity index (χ1) is 10.5. The van der Waals surface area contributed by atoms with E-state index in [1.54, 1.807) is 20.2 Å². The first kappa shape index (κ1) is 16.7. The number of ether oxygens (including phenoxy) is 2. The third kappa shape index (κ3) is 3.23. The minimum absolute atomic E-state index is 0.0413. The molecule has 22 heavy (non-hydrogen) atoms. The standard InChI is InChI=1S/C16H23FN2O3/c1-19(12-4-5-14(22-3)13(17)10-12)15(20)16(11-21-2)6-8-18-9-7-16/h4-5,10,18H,6-9,11H2,1-3H3. The molecule has 2 rings (SSSR count). The minimum atomic E-state index is -0.550. The topological polar surface area (TPSA) is 50.8 Å². The Morgan fingerprint density at radius 2 is 2.05 bits per heavy atom. The number of piperidine rings is 1. The molecule has 0 saturated carbocycles. The zero-order valence-corrected chi connectivity index (χ0v) is 13.3. The van der Waals surface area contributed by atoms with Gasteiger partial charge in [-0.25, -0.2) is 4.39 Å². The predicted molar refractivity (Wildman–Crippen MR) is 82.8 cm³/mol. The Morgan fingerprint density at radius 3 is 2.59 bits per heavy atom. The van der Waals surface area contributed by atoms with Gasteiger partial charge >= 0.3 is 0 Å². The molecule has 1 aliphatic rings. The summed E-state index contributed by atoms with van der Waals surface area (Å²) in [5.74, 6) is -0.357. The third-order valence-electron chi connectivity index (χ3n) is 4.26. The molecule has 1 N–H and O–H groups in total. The largest absolute Gasteiger partial charge is 0.494 e. The first-order valence-corrected chi connectivity index (χ1v) is 7.35. The fourth-order valence-corrected chi connectivity index (χ4v) is 2.94. The molecule has 1 fully saturated rings. The summed E-state index contributed by atoms with van der Waals surface area (Å²) >= 11 is 0. The van der Waals surface area contributed by atoms with Crippen molar-refractivity contribution in [2.45, 2.75) is 12.8 Å². The van der Waals surface area contributed by atoms with Crippen molar-refractivity contribution in [2.24, 2.45) is 5.41 Å². The Morgan fingerprint density at radius 1 is 1.36 bits per heavy atom. The molecule has 0 radical (unpaired) electrons. The summed E-state index contributed by atoms with van der Waals surface area (Å²) in [6, 6.07) is 4.53. The van der Waals surface area contributed by atoms with Crippen LogP contribution >= 0.6 is 0 Å². The smallest absolute Gasteiger partial charge is 0.235 e. The molecule has 0 aromatic heterocycles. The average molecular weight is 310 g/mol. The monoisotopic (exact) mass is 310 g/mol. The number of rotatable bonds is 5. The van der Waals surface area contributed by atoms with Gasteiger partial charge in [-0.15, -0.1) is 0 Å². The Labute approximate surface area is 130 Å². The quantitative estimate of drug-likeness (QED) is 0.901. The normalized spacial score (nSPS) is 17.1. The summed E-state index contributed by atoms with van der Waals surface area (Å²) < 4.78 is 24.1. The van der Waals surface area contributed by atoms with Crippen LogP contribution in [0.2, 0.25) is 0 Å². The van der Waals surface area contributed by atoms with E-state index in [1.807, 2.05) is 0 Å². The van der Waals surface area contributed by atoms with Crippen LogP contribution in [-0.4, -0.2) is 46.9 Å². The molecule has 1 heterocycles. The average Bonchev–Trinajstić information content (AvgIpc) is 2.54. The number of nitrogens with zero attached hydrogens (tertiary/aromatic N) is 1. The maximum absolute atomic E-state index is 13.9. The van der Waals surface area contributed by atoms with E-state index in [0.717, 1.165) is 13.1 Å². The van der Waals surface area contributed by atoms with Crippen LogP contribution in [0.15, 0.2) is 18.2 Å². The van der Waals surface area contributed by atoms with E-state index in [2.05, 4.69) is 5.32 Å². The van der Waals surface area contributed by atoms with Gasteiger partial charge < -0.3 is 19.7 Å². The lowest BCUT2D eigenvalue weighted by molar-refractivity contribution is -0.133. The van der Waals surface area contributed by atoms with E-state index < -0.39 is 11.2 Å². The van der Waals surface area contributed by atoms with Gasteiger partial charge in [-0.2, -0.15) is 0 Å². The van der Waals surface area contributed by atoms with Gasteiger partial charge in [-0.3, -0.25) is 4.79 Å². The van der Waals surface area contributed by atoms with E-state index in [1.165, 1.54) is 24.1 Å². The van der Waals surface area contributed by atoms with Crippen molar-refractivity contribution < 1.29 is 18.7 Å². The van der Waals surface area contributed by atoms with Gasteiger partial charge in [-0.05, 0) is 38.1 Å².